The first-order chi connectivity index (χ1) is 11.7. The third kappa shape index (κ3) is 2.51. The van der Waals surface area contributed by atoms with E-state index in [4.69, 9.17) is 17.2 Å². The van der Waals surface area contributed by atoms with E-state index in [1.165, 1.54) is 18.4 Å². The molecule has 1 heterocycles. The smallest absolute Gasteiger partial charge is 0.202 e. The lowest BCUT2D eigenvalue weighted by molar-refractivity contribution is 0.595. The van der Waals surface area contributed by atoms with Crippen LogP contribution in [0.3, 0.4) is 0 Å². The Labute approximate surface area is 148 Å². The highest BCUT2D eigenvalue weighted by molar-refractivity contribution is 7.80. The summed E-state index contributed by atoms with van der Waals surface area (Å²) < 4.78 is 0. The zero-order chi connectivity index (χ0) is 16.6. The van der Waals surface area contributed by atoms with Crippen molar-refractivity contribution >= 4 is 34.5 Å². The molecule has 24 heavy (non-hydrogen) atoms. The van der Waals surface area contributed by atoms with Gasteiger partial charge in [0.2, 0.25) is 5.11 Å². The molecule has 0 atom stereocenters. The number of hydrogen-bond donors (Lipinski definition) is 1. The number of nitrogens with one attached hydrogen (secondary N) is 1. The van der Waals surface area contributed by atoms with Gasteiger partial charge in [-0.2, -0.15) is 0 Å². The van der Waals surface area contributed by atoms with Crippen LogP contribution >= 0.6 is 12.2 Å². The van der Waals surface area contributed by atoms with Crippen LogP contribution in [0, 0.1) is 6.92 Å². The molecule has 0 radical (unpaired) electrons. The van der Waals surface area contributed by atoms with E-state index in [0.29, 0.717) is 5.11 Å². The first-order valence-corrected chi connectivity index (χ1v) is 8.92. The number of hydrogen-bond acceptors (Lipinski definition) is 2. The number of benzene rings is 2. The average molecular weight is 335 g/mol. The van der Waals surface area contributed by atoms with Crippen LogP contribution in [0.4, 0.5) is 11.4 Å². The second kappa shape index (κ2) is 6.02. The van der Waals surface area contributed by atoms with Crippen LogP contribution in [-0.2, 0) is 0 Å². The second-order valence-electron chi connectivity index (χ2n) is 6.65. The van der Waals surface area contributed by atoms with Gasteiger partial charge in [-0.15, -0.1) is 0 Å². The fraction of sp³-hybridized carbons (Fsp3) is 0.300. The number of anilines is 2. The van der Waals surface area contributed by atoms with E-state index in [2.05, 4.69) is 65.7 Å². The fourth-order valence-electron chi connectivity index (χ4n) is 3.90. The van der Waals surface area contributed by atoms with Crippen molar-refractivity contribution in [1.29, 1.82) is 0 Å². The van der Waals surface area contributed by atoms with Gasteiger partial charge in [0, 0.05) is 11.4 Å². The zero-order valence-corrected chi connectivity index (χ0v) is 14.6. The average Bonchev–Trinajstić information content (AvgIpc) is 3.15. The molecule has 1 N–H and O–H groups in total. The molecular weight excluding hydrogens is 314 g/mol. The normalized spacial score (nSPS) is 19.0. The Hall–Kier alpha value is -2.20. The fourth-order valence-corrected chi connectivity index (χ4v) is 4.27. The first kappa shape index (κ1) is 15.3. The summed E-state index contributed by atoms with van der Waals surface area (Å²) in [5.74, 6) is 0.999. The van der Waals surface area contributed by atoms with Gasteiger partial charge in [-0.1, -0.05) is 43.2 Å². The second-order valence-corrected chi connectivity index (χ2v) is 7.01. The molecule has 4 rings (SSSR count). The Morgan fingerprint density at radius 1 is 1.04 bits per heavy atom. The van der Waals surface area contributed by atoms with Crippen LogP contribution in [0.2, 0.25) is 0 Å². The van der Waals surface area contributed by atoms with Crippen LogP contribution in [0.5, 0.6) is 0 Å². The molecule has 1 spiro atoms. The molecule has 1 saturated carbocycles. The molecule has 122 valence electrons. The monoisotopic (exact) mass is 335 g/mol. The predicted octanol–water partition coefficient (Wildman–Crippen LogP) is 4.92. The standard InChI is InChI=1S/C20H21N3S/c1-15-8-7-9-16(14-15)21-18-20(12-5-6-13-20)23(19(24)22-18)17-10-3-2-4-11-17/h2-4,7-11,14H,5-6,12-13H2,1H3,(H,21,22,24). The molecule has 0 unspecified atom stereocenters. The van der Waals surface area contributed by atoms with Gasteiger partial charge in [0.15, 0.2) is 0 Å². The van der Waals surface area contributed by atoms with Crippen molar-refractivity contribution in [1.82, 2.24) is 0 Å². The molecule has 2 aromatic rings. The van der Waals surface area contributed by atoms with Gasteiger partial charge in [-0.3, -0.25) is 0 Å². The Bertz CT molecular complexity index is 792. The van der Waals surface area contributed by atoms with Crippen LogP contribution in [0.15, 0.2) is 59.6 Å². The van der Waals surface area contributed by atoms with Gasteiger partial charge in [-0.25, -0.2) is 4.99 Å². The van der Waals surface area contributed by atoms with Crippen LogP contribution in [0.25, 0.3) is 0 Å². The Kier molecular flexibility index (Phi) is 3.85. The van der Waals surface area contributed by atoms with Crippen molar-refractivity contribution in [3.8, 4) is 0 Å². The summed E-state index contributed by atoms with van der Waals surface area (Å²) in [5.41, 5.74) is 3.33. The van der Waals surface area contributed by atoms with E-state index in [0.717, 1.165) is 30.1 Å². The number of aliphatic imine (C=N–C) groups is 1. The molecule has 2 aliphatic rings. The highest BCUT2D eigenvalue weighted by Crippen LogP contribution is 2.43. The number of rotatable bonds is 2. The molecule has 0 aromatic heterocycles. The molecule has 1 fully saturated rings. The Morgan fingerprint density at radius 3 is 2.50 bits per heavy atom. The molecule has 1 aliphatic heterocycles. The van der Waals surface area contributed by atoms with E-state index < -0.39 is 0 Å². The lowest BCUT2D eigenvalue weighted by atomic mass is 9.93. The first-order valence-electron chi connectivity index (χ1n) is 8.51. The van der Waals surface area contributed by atoms with Crippen molar-refractivity contribution in [2.75, 3.05) is 10.2 Å². The third-order valence-corrected chi connectivity index (χ3v) is 5.27. The number of thiocarbonyl (C=S) groups is 1. The van der Waals surface area contributed by atoms with E-state index in [1.807, 2.05) is 6.07 Å². The number of amidine groups is 1. The molecule has 4 heteroatoms. The molecule has 1 aliphatic carbocycles. The lowest BCUT2D eigenvalue weighted by Crippen LogP contribution is -2.52. The number of nitrogens with zero attached hydrogens (tertiary/aromatic N) is 2. The van der Waals surface area contributed by atoms with E-state index in [-0.39, 0.29) is 5.54 Å². The highest BCUT2D eigenvalue weighted by atomic mass is 32.1. The zero-order valence-electron chi connectivity index (χ0n) is 13.8. The Morgan fingerprint density at radius 2 is 1.79 bits per heavy atom. The Balaban J connectivity index is 1.72. The van der Waals surface area contributed by atoms with Crippen LogP contribution < -0.4 is 10.2 Å². The van der Waals surface area contributed by atoms with Gasteiger partial charge in [0.1, 0.15) is 11.4 Å². The minimum absolute atomic E-state index is 0.123. The van der Waals surface area contributed by atoms with Gasteiger partial charge >= 0.3 is 0 Å². The molecule has 0 saturated heterocycles. The SMILES string of the molecule is Cc1cccc(NC2=NC(=S)N(c3ccccc3)C23CCCC3)c1. The van der Waals surface area contributed by atoms with Gasteiger partial charge < -0.3 is 10.2 Å². The van der Waals surface area contributed by atoms with Crippen LogP contribution in [0.1, 0.15) is 31.2 Å². The minimum atomic E-state index is -0.123. The van der Waals surface area contributed by atoms with Crippen molar-refractivity contribution in [3.05, 3.63) is 60.2 Å². The topological polar surface area (TPSA) is 27.6 Å². The summed E-state index contributed by atoms with van der Waals surface area (Å²) in [6.45, 7) is 2.11. The van der Waals surface area contributed by atoms with Crippen LogP contribution in [-0.4, -0.2) is 16.5 Å². The highest BCUT2D eigenvalue weighted by Gasteiger charge is 2.50. The van der Waals surface area contributed by atoms with Gasteiger partial charge in [0.05, 0.1) is 0 Å². The van der Waals surface area contributed by atoms with Gasteiger partial charge in [-0.05, 0) is 61.8 Å². The predicted molar refractivity (Wildman–Crippen MR) is 105 cm³/mol. The van der Waals surface area contributed by atoms with E-state index >= 15 is 0 Å². The summed E-state index contributed by atoms with van der Waals surface area (Å²) in [6, 6.07) is 18.8. The molecule has 3 nitrogen and oxygen atoms in total. The lowest BCUT2D eigenvalue weighted by Gasteiger charge is -2.37. The molecule has 0 amide bonds. The number of para-hydroxylation sites is 1. The van der Waals surface area contributed by atoms with Crippen molar-refractivity contribution in [2.24, 2.45) is 4.99 Å². The number of aryl methyl sites for hydroxylation is 1. The van der Waals surface area contributed by atoms with E-state index in [1.54, 1.807) is 0 Å². The summed E-state index contributed by atoms with van der Waals surface area (Å²) in [5, 5.41) is 4.23. The summed E-state index contributed by atoms with van der Waals surface area (Å²) in [7, 11) is 0. The molecule has 0 bridgehead atoms. The summed E-state index contributed by atoms with van der Waals surface area (Å²) >= 11 is 5.65. The van der Waals surface area contributed by atoms with Gasteiger partial charge in [0.25, 0.3) is 0 Å². The molecular formula is C20H21N3S. The molecule has 2 aromatic carbocycles. The van der Waals surface area contributed by atoms with E-state index in [9.17, 15) is 0 Å². The maximum Gasteiger partial charge on any atom is 0.202 e. The minimum Gasteiger partial charge on any atom is -0.342 e. The van der Waals surface area contributed by atoms with Crippen molar-refractivity contribution < 1.29 is 0 Å². The summed E-state index contributed by atoms with van der Waals surface area (Å²) in [4.78, 5) is 7.03. The summed E-state index contributed by atoms with van der Waals surface area (Å²) in [6.07, 6.45) is 4.58. The quantitative estimate of drug-likeness (QED) is 0.789. The largest absolute Gasteiger partial charge is 0.342 e. The third-order valence-electron chi connectivity index (χ3n) is 4.99. The van der Waals surface area contributed by atoms with Crippen molar-refractivity contribution in [2.45, 2.75) is 38.1 Å². The van der Waals surface area contributed by atoms with Crippen molar-refractivity contribution in [3.63, 3.8) is 0 Å². The maximum atomic E-state index is 5.65. The maximum absolute atomic E-state index is 5.65.